The molecule has 1 atom stereocenters. The molecule has 0 amide bonds. The SMILES string of the molecule is CCC/C=C\CCCCCCCC(=O)OCC(COC(=O)CCCCCCCCCCCCCCCCCCCCC/C=C\C/C=C\CCCCCCC)OC(=O)CCCCCCC/C=C\CCC. The lowest BCUT2D eigenvalue weighted by Crippen LogP contribution is -2.30. The van der Waals surface area contributed by atoms with Crippen molar-refractivity contribution in [3.05, 3.63) is 48.6 Å². The van der Waals surface area contributed by atoms with E-state index < -0.39 is 6.10 Å². The van der Waals surface area contributed by atoms with E-state index in [0.717, 1.165) is 96.3 Å². The topological polar surface area (TPSA) is 78.9 Å². The third-order valence-corrected chi connectivity index (χ3v) is 13.2. The van der Waals surface area contributed by atoms with Gasteiger partial charge in [-0.15, -0.1) is 0 Å². The first-order valence-electron chi connectivity index (χ1n) is 30.1. The minimum absolute atomic E-state index is 0.0765. The molecule has 0 bridgehead atoms. The summed E-state index contributed by atoms with van der Waals surface area (Å²) in [5.41, 5.74) is 0. The predicted molar refractivity (Wildman–Crippen MR) is 298 cm³/mol. The van der Waals surface area contributed by atoms with E-state index in [1.807, 2.05) is 0 Å². The van der Waals surface area contributed by atoms with Crippen molar-refractivity contribution in [2.24, 2.45) is 0 Å². The number of carbonyl (C=O) groups is 3. The van der Waals surface area contributed by atoms with Gasteiger partial charge in [0, 0.05) is 19.3 Å². The Hall–Kier alpha value is -2.63. The lowest BCUT2D eigenvalue weighted by Gasteiger charge is -2.18. The molecule has 0 aromatic carbocycles. The second-order valence-electron chi connectivity index (χ2n) is 20.2. The van der Waals surface area contributed by atoms with Crippen LogP contribution < -0.4 is 0 Å². The summed E-state index contributed by atoms with van der Waals surface area (Å²) in [4.78, 5) is 37.9. The number of unbranched alkanes of at least 4 members (excludes halogenated alkanes) is 36. The Balaban J connectivity index is 3.99. The van der Waals surface area contributed by atoms with Gasteiger partial charge in [-0.3, -0.25) is 14.4 Å². The minimum Gasteiger partial charge on any atom is -0.462 e. The van der Waals surface area contributed by atoms with Crippen LogP contribution >= 0.6 is 0 Å². The van der Waals surface area contributed by atoms with E-state index >= 15 is 0 Å². The minimum atomic E-state index is -0.776. The van der Waals surface area contributed by atoms with Crippen LogP contribution in [0.1, 0.15) is 316 Å². The maximum atomic E-state index is 12.7. The first kappa shape index (κ1) is 66.4. The van der Waals surface area contributed by atoms with E-state index in [1.54, 1.807) is 0 Å². The molecule has 0 fully saturated rings. The molecule has 0 spiro atoms. The van der Waals surface area contributed by atoms with Gasteiger partial charge in [0.25, 0.3) is 0 Å². The van der Waals surface area contributed by atoms with Crippen molar-refractivity contribution in [1.29, 1.82) is 0 Å². The van der Waals surface area contributed by atoms with Crippen LogP contribution in [0.2, 0.25) is 0 Å². The summed E-state index contributed by atoms with van der Waals surface area (Å²) in [6.07, 6.45) is 71.5. The Morgan fingerprint density at radius 1 is 0.290 bits per heavy atom. The molecule has 6 heteroatoms. The molecule has 0 rings (SSSR count). The molecule has 0 aliphatic rings. The van der Waals surface area contributed by atoms with Crippen LogP contribution in [0.15, 0.2) is 48.6 Å². The van der Waals surface area contributed by atoms with Crippen LogP contribution in [0.4, 0.5) is 0 Å². The zero-order valence-electron chi connectivity index (χ0n) is 46.1. The number of hydrogen-bond donors (Lipinski definition) is 0. The Bertz CT molecular complexity index is 1200. The second kappa shape index (κ2) is 57.9. The quantitative estimate of drug-likeness (QED) is 0.0262. The molecule has 0 saturated carbocycles. The van der Waals surface area contributed by atoms with Crippen molar-refractivity contribution in [3.63, 3.8) is 0 Å². The summed E-state index contributed by atoms with van der Waals surface area (Å²) >= 11 is 0. The van der Waals surface area contributed by atoms with Crippen LogP contribution in [-0.4, -0.2) is 37.2 Å². The zero-order chi connectivity index (χ0) is 50.0. The van der Waals surface area contributed by atoms with Crippen LogP contribution in [-0.2, 0) is 28.6 Å². The summed E-state index contributed by atoms with van der Waals surface area (Å²) in [6, 6.07) is 0. The van der Waals surface area contributed by atoms with Gasteiger partial charge < -0.3 is 14.2 Å². The summed E-state index contributed by atoms with van der Waals surface area (Å²) in [5.74, 6) is -0.888. The Labute approximate surface area is 428 Å². The van der Waals surface area contributed by atoms with E-state index in [1.165, 1.54) is 180 Å². The highest BCUT2D eigenvalue weighted by Gasteiger charge is 2.19. The van der Waals surface area contributed by atoms with Crippen molar-refractivity contribution in [1.82, 2.24) is 0 Å². The number of hydrogen-bond acceptors (Lipinski definition) is 6. The average molecular weight is 968 g/mol. The van der Waals surface area contributed by atoms with Crippen molar-refractivity contribution >= 4 is 17.9 Å². The van der Waals surface area contributed by atoms with Gasteiger partial charge in [-0.25, -0.2) is 0 Å². The zero-order valence-corrected chi connectivity index (χ0v) is 46.1. The van der Waals surface area contributed by atoms with Crippen LogP contribution in [0.25, 0.3) is 0 Å². The van der Waals surface area contributed by atoms with Gasteiger partial charge in [-0.2, -0.15) is 0 Å². The first-order valence-corrected chi connectivity index (χ1v) is 30.1. The van der Waals surface area contributed by atoms with Crippen LogP contribution in [0, 0.1) is 0 Å². The van der Waals surface area contributed by atoms with E-state index in [9.17, 15) is 14.4 Å². The van der Waals surface area contributed by atoms with Crippen LogP contribution in [0.5, 0.6) is 0 Å². The lowest BCUT2D eigenvalue weighted by atomic mass is 10.0. The first-order chi connectivity index (χ1) is 34.0. The van der Waals surface area contributed by atoms with Gasteiger partial charge in [-0.1, -0.05) is 256 Å². The summed E-state index contributed by atoms with van der Waals surface area (Å²) in [7, 11) is 0. The molecule has 6 nitrogen and oxygen atoms in total. The summed E-state index contributed by atoms with van der Waals surface area (Å²) in [5, 5.41) is 0. The highest BCUT2D eigenvalue weighted by molar-refractivity contribution is 5.71. The Kier molecular flexibility index (Phi) is 55.7. The lowest BCUT2D eigenvalue weighted by molar-refractivity contribution is -0.167. The predicted octanol–water partition coefficient (Wildman–Crippen LogP) is 20.2. The number of carbonyl (C=O) groups excluding carboxylic acids is 3. The molecule has 0 saturated heterocycles. The fraction of sp³-hybridized carbons (Fsp3) is 0.825. The van der Waals surface area contributed by atoms with E-state index in [2.05, 4.69) is 69.4 Å². The van der Waals surface area contributed by atoms with Crippen LogP contribution in [0.3, 0.4) is 0 Å². The Morgan fingerprint density at radius 3 is 0.870 bits per heavy atom. The molecule has 1 unspecified atom stereocenters. The van der Waals surface area contributed by atoms with E-state index in [0.29, 0.717) is 19.3 Å². The number of rotatable bonds is 55. The molecule has 0 radical (unpaired) electrons. The Morgan fingerprint density at radius 2 is 0.551 bits per heavy atom. The second-order valence-corrected chi connectivity index (χ2v) is 20.2. The van der Waals surface area contributed by atoms with Gasteiger partial charge in [-0.05, 0) is 89.9 Å². The molecule has 0 aliphatic carbocycles. The third kappa shape index (κ3) is 56.2. The third-order valence-electron chi connectivity index (χ3n) is 13.2. The number of allylic oxidation sites excluding steroid dienone is 8. The van der Waals surface area contributed by atoms with E-state index in [4.69, 9.17) is 14.2 Å². The molecule has 0 aliphatic heterocycles. The standard InChI is InChI=1S/C63H114O6/c1-4-7-10-13-16-19-22-23-24-25-26-27-28-29-30-31-32-33-34-35-36-37-38-39-40-41-42-45-47-50-53-56-62(65)68-59-60(69-63(66)57-54-51-48-44-21-18-15-12-9-6-3)58-67-61(64)55-52-49-46-43-20-17-14-11-8-5-2/h11-12,14-15,22-23,25-26,60H,4-10,13,16-21,24,27-59H2,1-3H3/b14-11-,15-12-,23-22-,26-25-. The molecular formula is C63H114O6. The fourth-order valence-electron chi connectivity index (χ4n) is 8.71. The van der Waals surface area contributed by atoms with Gasteiger partial charge >= 0.3 is 17.9 Å². The normalized spacial score (nSPS) is 12.3. The summed E-state index contributed by atoms with van der Waals surface area (Å²) < 4.78 is 16.8. The largest absolute Gasteiger partial charge is 0.462 e. The highest BCUT2D eigenvalue weighted by atomic mass is 16.6. The van der Waals surface area contributed by atoms with Gasteiger partial charge in [0.05, 0.1) is 0 Å². The van der Waals surface area contributed by atoms with Crippen molar-refractivity contribution in [2.45, 2.75) is 322 Å². The number of ether oxygens (including phenoxy) is 3. The fourth-order valence-corrected chi connectivity index (χ4v) is 8.71. The molecule has 0 aromatic rings. The molecule has 69 heavy (non-hydrogen) atoms. The maximum Gasteiger partial charge on any atom is 0.306 e. The molecule has 0 aromatic heterocycles. The van der Waals surface area contributed by atoms with Crippen molar-refractivity contribution in [3.8, 4) is 0 Å². The van der Waals surface area contributed by atoms with Gasteiger partial charge in [0.2, 0.25) is 0 Å². The highest BCUT2D eigenvalue weighted by Crippen LogP contribution is 2.17. The average Bonchev–Trinajstić information content (AvgIpc) is 3.35. The number of esters is 3. The molecule has 0 N–H and O–H groups in total. The van der Waals surface area contributed by atoms with Gasteiger partial charge in [0.15, 0.2) is 6.10 Å². The maximum absolute atomic E-state index is 12.7. The summed E-state index contributed by atoms with van der Waals surface area (Å²) in [6.45, 7) is 6.52. The monoisotopic (exact) mass is 967 g/mol. The van der Waals surface area contributed by atoms with E-state index in [-0.39, 0.29) is 31.1 Å². The van der Waals surface area contributed by atoms with Gasteiger partial charge in [0.1, 0.15) is 13.2 Å². The van der Waals surface area contributed by atoms with Crippen molar-refractivity contribution < 1.29 is 28.6 Å². The smallest absolute Gasteiger partial charge is 0.306 e. The molecular weight excluding hydrogens is 853 g/mol. The molecule has 402 valence electrons. The van der Waals surface area contributed by atoms with Crippen molar-refractivity contribution in [2.75, 3.05) is 13.2 Å². The molecule has 0 heterocycles.